The highest BCUT2D eigenvalue weighted by atomic mass is 32.2. The van der Waals surface area contributed by atoms with E-state index in [9.17, 15) is 9.59 Å². The van der Waals surface area contributed by atoms with Gasteiger partial charge in [-0.25, -0.2) is 14.7 Å². The molecule has 2 aromatic rings. The zero-order chi connectivity index (χ0) is 23.0. The lowest BCUT2D eigenvalue weighted by Gasteiger charge is -2.19. The number of benzene rings is 2. The van der Waals surface area contributed by atoms with Gasteiger partial charge in [-0.3, -0.25) is 0 Å². The summed E-state index contributed by atoms with van der Waals surface area (Å²) < 4.78 is 9.46. The number of thiocarbonyl (C=S) groups is 1. The van der Waals surface area contributed by atoms with Crippen molar-refractivity contribution >= 4 is 41.5 Å². The van der Waals surface area contributed by atoms with Gasteiger partial charge in [0.15, 0.2) is 5.11 Å². The van der Waals surface area contributed by atoms with Crippen molar-refractivity contribution in [1.29, 1.82) is 0 Å². The molecule has 31 heavy (non-hydrogen) atoms. The van der Waals surface area contributed by atoms with Crippen molar-refractivity contribution < 1.29 is 18.5 Å². The average molecular weight is 462 g/mol. The molecule has 0 radical (unpaired) electrons. The van der Waals surface area contributed by atoms with Gasteiger partial charge in [0.2, 0.25) is 0 Å². The Labute approximate surface area is 192 Å². The number of rotatable bonds is 7. The second-order valence-corrected chi connectivity index (χ2v) is 8.59. The maximum atomic E-state index is 12.1. The number of hydrogen-bond donors (Lipinski definition) is 3. The molecule has 0 heterocycles. The van der Waals surface area contributed by atoms with Gasteiger partial charge in [0.05, 0.1) is 18.2 Å². The first-order valence-electron chi connectivity index (χ1n) is 9.55. The number of nitrogens with two attached hydrogens (primary N) is 1. The van der Waals surface area contributed by atoms with E-state index in [2.05, 4.69) is 55.7 Å². The van der Waals surface area contributed by atoms with Crippen LogP contribution in [0.1, 0.15) is 58.2 Å². The number of ether oxygens (including phenoxy) is 1. The summed E-state index contributed by atoms with van der Waals surface area (Å²) in [5, 5.41) is 11.9. The molecule has 0 saturated heterocycles. The van der Waals surface area contributed by atoms with Gasteiger partial charge in [0.1, 0.15) is 12.2 Å². The van der Waals surface area contributed by atoms with E-state index in [1.165, 1.54) is 18.7 Å². The highest BCUT2D eigenvalue weighted by Crippen LogP contribution is 2.22. The minimum Gasteiger partial charge on any atom is -0.465 e. The van der Waals surface area contributed by atoms with Crippen LogP contribution in [-0.2, 0) is 27.4 Å². The molecule has 0 unspecified atom stereocenters. The van der Waals surface area contributed by atoms with Gasteiger partial charge in [-0.2, -0.15) is 0 Å². The lowest BCUT2D eigenvalue weighted by Crippen LogP contribution is -2.34. The maximum absolute atomic E-state index is 12.1. The zero-order valence-corrected chi connectivity index (χ0v) is 19.6. The minimum absolute atomic E-state index is 0.0768. The normalized spacial score (nSPS) is 10.9. The van der Waals surface area contributed by atoms with Crippen molar-refractivity contribution in [3.63, 3.8) is 0 Å². The standard InChI is InChI=1S/C22H27N3O4S2/c1-22(2,3)16-8-5-14(6-9-16)12-24-21(30)25-13-15-7-10-17(20(27)29-31-23)18(11-15)19(26)28-4/h5-11H,12-13,23H2,1-4H3,(H2,24,25,30). The van der Waals surface area contributed by atoms with Crippen LogP contribution in [0.3, 0.4) is 0 Å². The first-order valence-corrected chi connectivity index (χ1v) is 10.8. The van der Waals surface area contributed by atoms with Crippen molar-refractivity contribution in [1.82, 2.24) is 10.6 Å². The van der Waals surface area contributed by atoms with Gasteiger partial charge in [-0.05, 0) is 46.5 Å². The van der Waals surface area contributed by atoms with E-state index < -0.39 is 11.9 Å². The summed E-state index contributed by atoms with van der Waals surface area (Å²) in [6.07, 6.45) is 0. The topological polar surface area (TPSA) is 103 Å². The van der Waals surface area contributed by atoms with E-state index in [4.69, 9.17) is 26.3 Å². The molecule has 0 aliphatic rings. The Kier molecular flexibility index (Phi) is 8.85. The van der Waals surface area contributed by atoms with Crippen molar-refractivity contribution in [3.05, 3.63) is 70.3 Å². The second-order valence-electron chi connectivity index (χ2n) is 7.82. The number of esters is 1. The average Bonchev–Trinajstić information content (AvgIpc) is 2.75. The second kappa shape index (κ2) is 11.1. The number of methoxy groups -OCH3 is 1. The number of nitrogens with one attached hydrogen (secondary N) is 2. The SMILES string of the molecule is COC(=O)c1cc(CNC(=S)NCc2ccc(C(C)(C)C)cc2)ccc1C(=O)OSN. The fourth-order valence-corrected chi connectivity index (χ4v) is 3.12. The minimum atomic E-state index is -0.720. The molecule has 0 spiro atoms. The van der Waals surface area contributed by atoms with Crippen LogP contribution in [0, 0.1) is 0 Å². The lowest BCUT2D eigenvalue weighted by molar-refractivity contribution is 0.0590. The summed E-state index contributed by atoms with van der Waals surface area (Å²) in [4.78, 5) is 24.0. The Hall–Kier alpha value is -2.62. The number of hydrogen-bond acceptors (Lipinski definition) is 7. The lowest BCUT2D eigenvalue weighted by atomic mass is 9.87. The first kappa shape index (κ1) is 24.6. The maximum Gasteiger partial charge on any atom is 0.352 e. The summed E-state index contributed by atoms with van der Waals surface area (Å²) in [6.45, 7) is 7.48. The molecule has 2 rings (SSSR count). The number of carbonyl (C=O) groups is 2. The van der Waals surface area contributed by atoms with Gasteiger partial charge < -0.3 is 19.6 Å². The Morgan fingerprint density at radius 2 is 1.55 bits per heavy atom. The van der Waals surface area contributed by atoms with Crippen LogP contribution in [-0.4, -0.2) is 24.2 Å². The van der Waals surface area contributed by atoms with Crippen LogP contribution >= 0.6 is 24.4 Å². The van der Waals surface area contributed by atoms with Gasteiger partial charge in [-0.1, -0.05) is 51.1 Å². The van der Waals surface area contributed by atoms with Crippen molar-refractivity contribution in [3.8, 4) is 0 Å². The number of carbonyl (C=O) groups excluding carboxylic acids is 2. The monoisotopic (exact) mass is 461 g/mol. The molecule has 4 N–H and O–H groups in total. The van der Waals surface area contributed by atoms with Crippen LogP contribution in [0.5, 0.6) is 0 Å². The molecule has 0 bridgehead atoms. The molecule has 166 valence electrons. The Morgan fingerprint density at radius 1 is 0.968 bits per heavy atom. The van der Waals surface area contributed by atoms with Crippen molar-refractivity contribution in [2.75, 3.05) is 7.11 Å². The molecule has 0 aliphatic carbocycles. The summed E-state index contributed by atoms with van der Waals surface area (Å²) in [5.74, 6) is -1.36. The summed E-state index contributed by atoms with van der Waals surface area (Å²) >= 11 is 5.76. The third kappa shape index (κ3) is 7.23. The highest BCUT2D eigenvalue weighted by molar-refractivity contribution is 7.92. The predicted octanol–water partition coefficient (Wildman–Crippen LogP) is 3.61. The molecule has 0 saturated carbocycles. The molecule has 0 aliphatic heterocycles. The first-order chi connectivity index (χ1) is 14.7. The van der Waals surface area contributed by atoms with E-state index in [0.29, 0.717) is 30.4 Å². The molecule has 9 heteroatoms. The fourth-order valence-electron chi connectivity index (χ4n) is 2.80. The third-order valence-electron chi connectivity index (χ3n) is 4.56. The zero-order valence-electron chi connectivity index (χ0n) is 18.0. The van der Waals surface area contributed by atoms with E-state index in [1.807, 2.05) is 0 Å². The third-order valence-corrected chi connectivity index (χ3v) is 5.10. The summed E-state index contributed by atoms with van der Waals surface area (Å²) in [6, 6.07) is 13.2. The predicted molar refractivity (Wildman–Crippen MR) is 126 cm³/mol. The van der Waals surface area contributed by atoms with Gasteiger partial charge in [0, 0.05) is 13.1 Å². The molecule has 2 aromatic carbocycles. The Morgan fingerprint density at radius 3 is 2.10 bits per heavy atom. The molecule has 0 amide bonds. The summed E-state index contributed by atoms with van der Waals surface area (Å²) in [5.41, 5.74) is 3.42. The summed E-state index contributed by atoms with van der Waals surface area (Å²) in [7, 11) is 1.24. The molecule has 0 fully saturated rings. The molecule has 0 atom stereocenters. The van der Waals surface area contributed by atoms with Crippen molar-refractivity contribution in [2.24, 2.45) is 5.14 Å². The Bertz CT molecular complexity index is 941. The molecule has 7 nitrogen and oxygen atoms in total. The largest absolute Gasteiger partial charge is 0.465 e. The van der Waals surface area contributed by atoms with Crippen LogP contribution in [0.4, 0.5) is 0 Å². The van der Waals surface area contributed by atoms with E-state index >= 15 is 0 Å². The molecular weight excluding hydrogens is 434 g/mol. The van der Waals surface area contributed by atoms with E-state index in [0.717, 1.165) is 11.1 Å². The quantitative estimate of drug-likeness (QED) is 0.247. The van der Waals surface area contributed by atoms with Gasteiger partial charge in [0.25, 0.3) is 0 Å². The van der Waals surface area contributed by atoms with Gasteiger partial charge in [-0.15, -0.1) is 0 Å². The van der Waals surface area contributed by atoms with Crippen LogP contribution < -0.4 is 15.8 Å². The van der Waals surface area contributed by atoms with Crippen molar-refractivity contribution in [2.45, 2.75) is 39.3 Å². The van der Waals surface area contributed by atoms with E-state index in [-0.39, 0.29) is 16.5 Å². The molecular formula is C22H27N3O4S2. The van der Waals surface area contributed by atoms with Gasteiger partial charge >= 0.3 is 11.9 Å². The highest BCUT2D eigenvalue weighted by Gasteiger charge is 2.20. The van der Waals surface area contributed by atoms with E-state index in [1.54, 1.807) is 12.1 Å². The van der Waals surface area contributed by atoms with Crippen LogP contribution in [0.25, 0.3) is 0 Å². The van der Waals surface area contributed by atoms with Crippen LogP contribution in [0.15, 0.2) is 42.5 Å². The smallest absolute Gasteiger partial charge is 0.352 e. The molecule has 0 aromatic heterocycles. The van der Waals surface area contributed by atoms with Crippen LogP contribution in [0.2, 0.25) is 0 Å². The fraction of sp³-hybridized carbons (Fsp3) is 0.318. The Balaban J connectivity index is 1.96.